The fraction of sp³-hybridized carbons (Fsp3) is 0.846. The van der Waals surface area contributed by atoms with Crippen LogP contribution in [0.3, 0.4) is 0 Å². The van der Waals surface area contributed by atoms with E-state index in [1.807, 2.05) is 9.80 Å². The molecule has 0 spiro atoms. The number of nitrogens with two attached hydrogens (primary N) is 1. The van der Waals surface area contributed by atoms with Gasteiger partial charge in [0.1, 0.15) is 5.84 Å². The van der Waals surface area contributed by atoms with Crippen molar-refractivity contribution >= 4 is 11.9 Å². The standard InChI is InChI=1S/C13H24N4O2/c1-10-4-7-16(8-5-10)13(18)17-6-2-3-11(9-17)12(14)15-19/h10-11,19H,2-9H2,1H3,(H2,14,15). The molecule has 6 nitrogen and oxygen atoms in total. The lowest BCUT2D eigenvalue weighted by Crippen LogP contribution is -2.51. The summed E-state index contributed by atoms with van der Waals surface area (Å²) in [5.41, 5.74) is 5.66. The van der Waals surface area contributed by atoms with Crippen LogP contribution in [-0.2, 0) is 0 Å². The van der Waals surface area contributed by atoms with Crippen LogP contribution in [0.5, 0.6) is 0 Å². The average Bonchev–Trinajstić information content (AvgIpc) is 2.46. The topological polar surface area (TPSA) is 82.2 Å². The predicted octanol–water partition coefficient (Wildman–Crippen LogP) is 1.30. The zero-order valence-electron chi connectivity index (χ0n) is 11.6. The molecule has 0 radical (unpaired) electrons. The van der Waals surface area contributed by atoms with Crippen LogP contribution in [0.25, 0.3) is 0 Å². The van der Waals surface area contributed by atoms with Crippen LogP contribution in [0.4, 0.5) is 4.79 Å². The molecule has 2 aliphatic rings. The molecule has 2 amide bonds. The molecule has 0 aliphatic carbocycles. The predicted molar refractivity (Wildman–Crippen MR) is 73.1 cm³/mol. The van der Waals surface area contributed by atoms with Crippen molar-refractivity contribution in [2.24, 2.45) is 22.7 Å². The van der Waals surface area contributed by atoms with Gasteiger partial charge in [0.25, 0.3) is 0 Å². The normalized spacial score (nSPS) is 26.6. The number of carbonyl (C=O) groups is 1. The first-order valence-electron chi connectivity index (χ1n) is 7.13. The van der Waals surface area contributed by atoms with E-state index < -0.39 is 0 Å². The van der Waals surface area contributed by atoms with E-state index in [2.05, 4.69) is 12.1 Å². The maximum absolute atomic E-state index is 12.4. The largest absolute Gasteiger partial charge is 0.409 e. The van der Waals surface area contributed by atoms with Crippen molar-refractivity contribution in [1.82, 2.24) is 9.80 Å². The zero-order valence-corrected chi connectivity index (χ0v) is 11.6. The number of hydrogen-bond donors (Lipinski definition) is 2. The smallest absolute Gasteiger partial charge is 0.320 e. The Morgan fingerprint density at radius 2 is 1.89 bits per heavy atom. The van der Waals surface area contributed by atoms with Gasteiger partial charge in [-0.25, -0.2) is 4.79 Å². The summed E-state index contributed by atoms with van der Waals surface area (Å²) in [5.74, 6) is 0.950. The number of likely N-dealkylation sites (tertiary alicyclic amines) is 2. The number of urea groups is 1. The molecule has 1 atom stereocenters. The Hall–Kier alpha value is -1.46. The van der Waals surface area contributed by atoms with Crippen LogP contribution in [0.2, 0.25) is 0 Å². The molecule has 6 heteroatoms. The van der Waals surface area contributed by atoms with E-state index in [9.17, 15) is 4.79 Å². The summed E-state index contributed by atoms with van der Waals surface area (Å²) in [7, 11) is 0. The summed E-state index contributed by atoms with van der Waals surface area (Å²) in [6.07, 6.45) is 3.97. The summed E-state index contributed by atoms with van der Waals surface area (Å²) >= 11 is 0. The number of carbonyl (C=O) groups excluding carboxylic acids is 1. The summed E-state index contributed by atoms with van der Waals surface area (Å²) in [5, 5.41) is 11.8. The Balaban J connectivity index is 1.92. The first kappa shape index (κ1) is 14.0. The first-order valence-corrected chi connectivity index (χ1v) is 7.13. The molecule has 2 fully saturated rings. The Kier molecular flexibility index (Phi) is 4.50. The number of rotatable bonds is 1. The minimum atomic E-state index is -0.00795. The lowest BCUT2D eigenvalue weighted by Gasteiger charge is -2.38. The van der Waals surface area contributed by atoms with Gasteiger partial charge >= 0.3 is 6.03 Å². The molecule has 2 rings (SSSR count). The third-order valence-electron chi connectivity index (χ3n) is 4.28. The van der Waals surface area contributed by atoms with Gasteiger partial charge in [0.15, 0.2) is 0 Å². The highest BCUT2D eigenvalue weighted by molar-refractivity contribution is 5.83. The average molecular weight is 268 g/mol. The SMILES string of the molecule is CC1CCN(C(=O)N2CCCC(C(N)=NO)C2)CC1. The lowest BCUT2D eigenvalue weighted by atomic mass is 9.96. The molecule has 0 bridgehead atoms. The molecule has 1 unspecified atom stereocenters. The molecule has 2 aliphatic heterocycles. The summed E-state index contributed by atoms with van der Waals surface area (Å²) < 4.78 is 0. The molecule has 3 N–H and O–H groups in total. The number of hydrogen-bond acceptors (Lipinski definition) is 3. The van der Waals surface area contributed by atoms with Gasteiger partial charge in [0, 0.05) is 32.1 Å². The molecule has 108 valence electrons. The van der Waals surface area contributed by atoms with Gasteiger partial charge in [0.05, 0.1) is 0 Å². The summed E-state index contributed by atoms with van der Waals surface area (Å²) in [6.45, 7) is 5.29. The highest BCUT2D eigenvalue weighted by Crippen LogP contribution is 2.21. The van der Waals surface area contributed by atoms with E-state index >= 15 is 0 Å². The Morgan fingerprint density at radius 1 is 1.21 bits per heavy atom. The maximum Gasteiger partial charge on any atom is 0.320 e. The molecule has 2 saturated heterocycles. The second-order valence-electron chi connectivity index (χ2n) is 5.76. The lowest BCUT2D eigenvalue weighted by molar-refractivity contribution is 0.121. The number of amides is 2. The van der Waals surface area contributed by atoms with E-state index in [0.717, 1.165) is 51.2 Å². The Bertz CT molecular complexity index is 351. The highest BCUT2D eigenvalue weighted by atomic mass is 16.4. The minimum Gasteiger partial charge on any atom is -0.409 e. The van der Waals surface area contributed by atoms with Crippen molar-refractivity contribution in [2.75, 3.05) is 26.2 Å². The van der Waals surface area contributed by atoms with Gasteiger partial charge in [-0.15, -0.1) is 0 Å². The molecule has 2 heterocycles. The second-order valence-corrected chi connectivity index (χ2v) is 5.76. The number of amidine groups is 1. The quantitative estimate of drug-likeness (QED) is 0.325. The van der Waals surface area contributed by atoms with E-state index in [4.69, 9.17) is 10.9 Å². The van der Waals surface area contributed by atoms with Crippen molar-refractivity contribution in [3.8, 4) is 0 Å². The Labute approximate surface area is 114 Å². The van der Waals surface area contributed by atoms with E-state index in [-0.39, 0.29) is 17.8 Å². The molecule has 0 aromatic rings. The van der Waals surface area contributed by atoms with Crippen molar-refractivity contribution in [2.45, 2.75) is 32.6 Å². The van der Waals surface area contributed by atoms with Crippen molar-refractivity contribution < 1.29 is 10.0 Å². The molecular formula is C13H24N4O2. The van der Waals surface area contributed by atoms with E-state index in [1.54, 1.807) is 0 Å². The van der Waals surface area contributed by atoms with E-state index in [0.29, 0.717) is 6.54 Å². The molecule has 19 heavy (non-hydrogen) atoms. The van der Waals surface area contributed by atoms with Crippen LogP contribution < -0.4 is 5.73 Å². The van der Waals surface area contributed by atoms with Gasteiger partial charge in [-0.2, -0.15) is 0 Å². The summed E-state index contributed by atoms with van der Waals surface area (Å²) in [6, 6.07) is 0.113. The first-order chi connectivity index (χ1) is 9.11. The molecular weight excluding hydrogens is 244 g/mol. The van der Waals surface area contributed by atoms with Gasteiger partial charge in [-0.05, 0) is 31.6 Å². The van der Waals surface area contributed by atoms with Gasteiger partial charge in [-0.3, -0.25) is 0 Å². The van der Waals surface area contributed by atoms with Crippen molar-refractivity contribution in [3.63, 3.8) is 0 Å². The second kappa shape index (κ2) is 6.12. The van der Waals surface area contributed by atoms with Gasteiger partial charge in [-0.1, -0.05) is 12.1 Å². The van der Waals surface area contributed by atoms with Gasteiger partial charge < -0.3 is 20.7 Å². The number of oxime groups is 1. The van der Waals surface area contributed by atoms with Gasteiger partial charge in [0.2, 0.25) is 0 Å². The van der Waals surface area contributed by atoms with Crippen LogP contribution in [0.1, 0.15) is 32.6 Å². The third-order valence-corrected chi connectivity index (χ3v) is 4.28. The van der Waals surface area contributed by atoms with Crippen molar-refractivity contribution in [3.05, 3.63) is 0 Å². The maximum atomic E-state index is 12.4. The van der Waals surface area contributed by atoms with Crippen LogP contribution in [0.15, 0.2) is 5.16 Å². The molecule has 0 aromatic carbocycles. The molecule has 0 saturated carbocycles. The number of piperidine rings is 2. The Morgan fingerprint density at radius 3 is 2.53 bits per heavy atom. The fourth-order valence-electron chi connectivity index (χ4n) is 2.87. The third kappa shape index (κ3) is 3.30. The van der Waals surface area contributed by atoms with Crippen molar-refractivity contribution in [1.29, 1.82) is 0 Å². The molecule has 0 aromatic heterocycles. The fourth-order valence-corrected chi connectivity index (χ4v) is 2.87. The van der Waals surface area contributed by atoms with Crippen LogP contribution >= 0.6 is 0 Å². The minimum absolute atomic E-state index is 0.00795. The number of nitrogens with zero attached hydrogens (tertiary/aromatic N) is 3. The highest BCUT2D eigenvalue weighted by Gasteiger charge is 2.30. The zero-order chi connectivity index (χ0) is 13.8. The van der Waals surface area contributed by atoms with Crippen LogP contribution in [-0.4, -0.2) is 53.1 Å². The van der Waals surface area contributed by atoms with E-state index in [1.165, 1.54) is 0 Å². The summed E-state index contributed by atoms with van der Waals surface area (Å²) in [4.78, 5) is 16.2. The van der Waals surface area contributed by atoms with Crippen LogP contribution in [0, 0.1) is 11.8 Å². The monoisotopic (exact) mass is 268 g/mol.